The summed E-state index contributed by atoms with van der Waals surface area (Å²) in [7, 11) is 0. The molecule has 82 valence electrons. The van der Waals surface area contributed by atoms with Gasteiger partial charge in [0.2, 0.25) is 5.28 Å². The Hall–Kier alpha value is -0.610. The molecular weight excluding hydrogens is 235 g/mol. The summed E-state index contributed by atoms with van der Waals surface area (Å²) < 4.78 is 0. The Kier molecular flexibility index (Phi) is 2.73. The highest BCUT2D eigenvalue weighted by Gasteiger charge is 2.38. The van der Waals surface area contributed by atoms with Gasteiger partial charge in [0.25, 0.3) is 0 Å². The van der Waals surface area contributed by atoms with Crippen LogP contribution in [-0.2, 0) is 0 Å². The molecule has 0 spiro atoms. The first kappa shape index (κ1) is 10.9. The standard InChI is InChI=1S/C9H12Cl2N4/c1-9(2)4-3-5(9)12-7-6(10)14-15-8(11)13-7/h5H,3-4H2,1-2H3,(H,12,13,15). The fraction of sp³-hybridized carbons (Fsp3) is 0.667. The summed E-state index contributed by atoms with van der Waals surface area (Å²) in [5, 5.41) is 10.9. The van der Waals surface area contributed by atoms with Gasteiger partial charge in [-0.25, -0.2) is 0 Å². The maximum absolute atomic E-state index is 5.86. The molecule has 4 nitrogen and oxygen atoms in total. The molecule has 2 rings (SSSR count). The molecule has 1 N–H and O–H groups in total. The molecule has 1 unspecified atom stereocenters. The van der Waals surface area contributed by atoms with Gasteiger partial charge in [-0.3, -0.25) is 0 Å². The lowest BCUT2D eigenvalue weighted by atomic mass is 9.67. The van der Waals surface area contributed by atoms with E-state index in [1.807, 2.05) is 0 Å². The quantitative estimate of drug-likeness (QED) is 0.872. The number of halogens is 2. The van der Waals surface area contributed by atoms with Gasteiger partial charge < -0.3 is 5.32 Å². The van der Waals surface area contributed by atoms with Crippen LogP contribution in [0.3, 0.4) is 0 Å². The summed E-state index contributed by atoms with van der Waals surface area (Å²) in [4.78, 5) is 4.01. The smallest absolute Gasteiger partial charge is 0.245 e. The minimum atomic E-state index is 0.110. The Morgan fingerprint density at radius 2 is 2.07 bits per heavy atom. The summed E-state index contributed by atoms with van der Waals surface area (Å²) in [6, 6.07) is 0.378. The second kappa shape index (κ2) is 3.76. The van der Waals surface area contributed by atoms with Gasteiger partial charge in [0.05, 0.1) is 0 Å². The number of nitrogens with one attached hydrogen (secondary N) is 1. The topological polar surface area (TPSA) is 50.7 Å². The van der Waals surface area contributed by atoms with Gasteiger partial charge in [-0.2, -0.15) is 4.98 Å². The van der Waals surface area contributed by atoms with Crippen LogP contribution in [0, 0.1) is 5.41 Å². The van der Waals surface area contributed by atoms with E-state index < -0.39 is 0 Å². The summed E-state index contributed by atoms with van der Waals surface area (Å²) in [6.07, 6.45) is 2.32. The monoisotopic (exact) mass is 246 g/mol. The van der Waals surface area contributed by atoms with Gasteiger partial charge in [-0.15, -0.1) is 10.2 Å². The molecule has 1 aliphatic rings. The predicted molar refractivity (Wildman–Crippen MR) is 60.3 cm³/mol. The van der Waals surface area contributed by atoms with E-state index in [-0.39, 0.29) is 15.9 Å². The first-order valence-corrected chi connectivity index (χ1v) is 5.57. The largest absolute Gasteiger partial charge is 0.364 e. The lowest BCUT2D eigenvalue weighted by molar-refractivity contribution is 0.159. The van der Waals surface area contributed by atoms with Crippen molar-refractivity contribution in [2.24, 2.45) is 5.41 Å². The van der Waals surface area contributed by atoms with Crippen LogP contribution in [0.5, 0.6) is 0 Å². The lowest BCUT2D eigenvalue weighted by Crippen LogP contribution is -2.45. The van der Waals surface area contributed by atoms with E-state index in [1.54, 1.807) is 0 Å². The fourth-order valence-electron chi connectivity index (χ4n) is 1.68. The van der Waals surface area contributed by atoms with E-state index in [4.69, 9.17) is 23.2 Å². The molecule has 0 radical (unpaired) electrons. The highest BCUT2D eigenvalue weighted by atomic mass is 35.5. The van der Waals surface area contributed by atoms with E-state index in [2.05, 4.69) is 34.3 Å². The van der Waals surface area contributed by atoms with Crippen molar-refractivity contribution in [3.63, 3.8) is 0 Å². The molecule has 1 aliphatic carbocycles. The summed E-state index contributed by atoms with van der Waals surface area (Å²) in [5.74, 6) is 0.523. The molecule has 0 amide bonds. The number of rotatable bonds is 2. The SMILES string of the molecule is CC1(C)CCC1Nc1nc(Cl)nnc1Cl. The first-order valence-electron chi connectivity index (χ1n) is 4.81. The Labute approximate surface area is 98.4 Å². The molecule has 1 aromatic rings. The zero-order chi connectivity index (χ0) is 11.1. The third-order valence-electron chi connectivity index (χ3n) is 2.95. The van der Waals surface area contributed by atoms with Crippen LogP contribution in [0.25, 0.3) is 0 Å². The van der Waals surface area contributed by atoms with E-state index in [0.717, 1.165) is 6.42 Å². The number of hydrogen-bond acceptors (Lipinski definition) is 4. The molecule has 1 heterocycles. The molecule has 1 fully saturated rings. The molecule has 0 aliphatic heterocycles. The van der Waals surface area contributed by atoms with E-state index in [9.17, 15) is 0 Å². The predicted octanol–water partition coefficient (Wildman–Crippen LogP) is 2.78. The third-order valence-corrected chi connectivity index (χ3v) is 3.37. The summed E-state index contributed by atoms with van der Waals surface area (Å²) in [5.41, 5.74) is 0.279. The van der Waals surface area contributed by atoms with E-state index in [1.165, 1.54) is 6.42 Å². The third kappa shape index (κ3) is 2.16. The molecule has 1 saturated carbocycles. The van der Waals surface area contributed by atoms with Crippen LogP contribution in [-0.4, -0.2) is 21.2 Å². The molecule has 1 atom stereocenters. The lowest BCUT2D eigenvalue weighted by Gasteiger charge is -2.45. The Balaban J connectivity index is 2.14. The molecule has 1 aromatic heterocycles. The van der Waals surface area contributed by atoms with Crippen LogP contribution in [0.15, 0.2) is 0 Å². The van der Waals surface area contributed by atoms with Gasteiger partial charge in [0.1, 0.15) is 0 Å². The zero-order valence-electron chi connectivity index (χ0n) is 8.59. The zero-order valence-corrected chi connectivity index (χ0v) is 10.1. The summed E-state index contributed by atoms with van der Waals surface area (Å²) >= 11 is 11.5. The van der Waals surface area contributed by atoms with Crippen molar-refractivity contribution in [1.29, 1.82) is 0 Å². The molecule has 0 bridgehead atoms. The van der Waals surface area contributed by atoms with Crippen molar-refractivity contribution < 1.29 is 0 Å². The van der Waals surface area contributed by atoms with Gasteiger partial charge in [-0.05, 0) is 29.9 Å². The van der Waals surface area contributed by atoms with Crippen LogP contribution >= 0.6 is 23.2 Å². The average molecular weight is 247 g/mol. The van der Waals surface area contributed by atoms with Crippen molar-refractivity contribution in [3.8, 4) is 0 Å². The fourth-order valence-corrected chi connectivity index (χ4v) is 1.94. The number of nitrogens with zero attached hydrogens (tertiary/aromatic N) is 3. The van der Waals surface area contributed by atoms with Crippen LogP contribution < -0.4 is 5.32 Å². The first-order chi connectivity index (χ1) is 6.99. The highest BCUT2D eigenvalue weighted by Crippen LogP contribution is 2.42. The van der Waals surface area contributed by atoms with Crippen molar-refractivity contribution in [3.05, 3.63) is 10.4 Å². The Morgan fingerprint density at radius 3 is 2.60 bits per heavy atom. The van der Waals surface area contributed by atoms with Crippen LogP contribution in [0.2, 0.25) is 10.4 Å². The highest BCUT2D eigenvalue weighted by molar-refractivity contribution is 6.32. The second-order valence-electron chi connectivity index (χ2n) is 4.44. The number of anilines is 1. The molecule has 0 aromatic carbocycles. The number of aromatic nitrogens is 3. The van der Waals surface area contributed by atoms with Crippen molar-refractivity contribution in [2.45, 2.75) is 32.7 Å². The van der Waals surface area contributed by atoms with Crippen molar-refractivity contribution in [1.82, 2.24) is 15.2 Å². The maximum Gasteiger partial charge on any atom is 0.245 e. The molecule has 6 heteroatoms. The van der Waals surface area contributed by atoms with Crippen LogP contribution in [0.1, 0.15) is 26.7 Å². The average Bonchev–Trinajstić information content (AvgIpc) is 2.18. The maximum atomic E-state index is 5.86. The molecule has 0 saturated heterocycles. The molecule has 15 heavy (non-hydrogen) atoms. The van der Waals surface area contributed by atoms with Gasteiger partial charge in [0.15, 0.2) is 11.0 Å². The second-order valence-corrected chi connectivity index (χ2v) is 5.14. The normalized spacial score (nSPS) is 23.3. The van der Waals surface area contributed by atoms with E-state index >= 15 is 0 Å². The van der Waals surface area contributed by atoms with Crippen LogP contribution in [0.4, 0.5) is 5.82 Å². The summed E-state index contributed by atoms with van der Waals surface area (Å²) in [6.45, 7) is 4.41. The van der Waals surface area contributed by atoms with E-state index in [0.29, 0.717) is 11.9 Å². The Bertz CT molecular complexity index is 380. The van der Waals surface area contributed by atoms with Gasteiger partial charge in [-0.1, -0.05) is 25.4 Å². The van der Waals surface area contributed by atoms with Crippen molar-refractivity contribution in [2.75, 3.05) is 5.32 Å². The molecular formula is C9H12Cl2N4. The Morgan fingerprint density at radius 1 is 1.33 bits per heavy atom. The van der Waals surface area contributed by atoms with Gasteiger partial charge in [0, 0.05) is 6.04 Å². The number of hydrogen-bond donors (Lipinski definition) is 1. The van der Waals surface area contributed by atoms with Crippen molar-refractivity contribution >= 4 is 29.0 Å². The minimum absolute atomic E-state index is 0.110. The minimum Gasteiger partial charge on any atom is -0.364 e. The van der Waals surface area contributed by atoms with Gasteiger partial charge >= 0.3 is 0 Å².